The third-order valence-corrected chi connectivity index (χ3v) is 2.21. The second-order valence-corrected chi connectivity index (χ2v) is 3.49. The van der Waals surface area contributed by atoms with Crippen LogP contribution in [-0.2, 0) is 4.74 Å². The molecule has 68 valence electrons. The maximum atomic E-state index is 10.7. The molecule has 1 atom stereocenters. The second kappa shape index (κ2) is 3.33. The highest BCUT2D eigenvalue weighted by Crippen LogP contribution is 2.17. The van der Waals surface area contributed by atoms with E-state index in [9.17, 15) is 4.79 Å². The quantitative estimate of drug-likeness (QED) is 0.762. The number of amides is 1. The standard InChI is InChI=1S/C8H7BrN2O2/c9-7-3-1-2-5(10-7)6-4-13-8(12)11-6/h1-3,6H,4H2,(H,11,12)/t6-/m0/s1. The first-order chi connectivity index (χ1) is 6.25. The van der Waals surface area contributed by atoms with Gasteiger partial charge in [-0.1, -0.05) is 6.07 Å². The molecule has 1 fully saturated rings. The molecule has 1 aromatic rings. The Morgan fingerprint density at radius 2 is 2.46 bits per heavy atom. The molecule has 2 rings (SSSR count). The maximum absolute atomic E-state index is 10.7. The van der Waals surface area contributed by atoms with E-state index in [2.05, 4.69) is 26.2 Å². The lowest BCUT2D eigenvalue weighted by Gasteiger charge is -2.05. The van der Waals surface area contributed by atoms with Crippen LogP contribution < -0.4 is 5.32 Å². The summed E-state index contributed by atoms with van der Waals surface area (Å²) in [7, 11) is 0. The molecule has 0 radical (unpaired) electrons. The van der Waals surface area contributed by atoms with E-state index in [1.807, 2.05) is 18.2 Å². The third kappa shape index (κ3) is 1.80. The minimum atomic E-state index is -0.383. The summed E-state index contributed by atoms with van der Waals surface area (Å²) in [5.41, 5.74) is 0.806. The molecule has 4 nitrogen and oxygen atoms in total. The number of hydrogen-bond donors (Lipinski definition) is 1. The van der Waals surface area contributed by atoms with Crippen LogP contribution in [0.25, 0.3) is 0 Å². The number of hydrogen-bond acceptors (Lipinski definition) is 3. The molecule has 0 aliphatic carbocycles. The fraction of sp³-hybridized carbons (Fsp3) is 0.250. The van der Waals surface area contributed by atoms with Crippen molar-refractivity contribution >= 4 is 22.0 Å². The van der Waals surface area contributed by atoms with Gasteiger partial charge in [0.15, 0.2) is 0 Å². The lowest BCUT2D eigenvalue weighted by Crippen LogP contribution is -2.19. The number of cyclic esters (lactones) is 1. The van der Waals surface area contributed by atoms with Gasteiger partial charge in [-0.3, -0.25) is 0 Å². The van der Waals surface area contributed by atoms with Gasteiger partial charge in [0.1, 0.15) is 17.3 Å². The minimum absolute atomic E-state index is 0.120. The summed E-state index contributed by atoms with van der Waals surface area (Å²) in [6.45, 7) is 0.349. The van der Waals surface area contributed by atoms with Gasteiger partial charge in [-0.2, -0.15) is 0 Å². The van der Waals surface area contributed by atoms with Crippen molar-refractivity contribution in [2.75, 3.05) is 6.61 Å². The van der Waals surface area contributed by atoms with Gasteiger partial charge in [0, 0.05) is 0 Å². The average molecular weight is 243 g/mol. The van der Waals surface area contributed by atoms with Crippen LogP contribution in [0, 0.1) is 0 Å². The third-order valence-electron chi connectivity index (χ3n) is 1.77. The summed E-state index contributed by atoms with van der Waals surface area (Å²) in [5, 5.41) is 2.65. The van der Waals surface area contributed by atoms with Crippen molar-refractivity contribution in [3.8, 4) is 0 Å². The molecule has 1 saturated heterocycles. The molecule has 5 heteroatoms. The number of pyridine rings is 1. The number of halogens is 1. The Morgan fingerprint density at radius 3 is 3.08 bits per heavy atom. The van der Waals surface area contributed by atoms with Crippen LogP contribution >= 0.6 is 15.9 Å². The van der Waals surface area contributed by atoms with Gasteiger partial charge in [-0.15, -0.1) is 0 Å². The molecule has 1 aliphatic rings. The fourth-order valence-electron chi connectivity index (χ4n) is 1.16. The Bertz CT molecular complexity index is 343. The van der Waals surface area contributed by atoms with Crippen molar-refractivity contribution in [1.82, 2.24) is 10.3 Å². The Kier molecular flexibility index (Phi) is 2.18. The highest BCUT2D eigenvalue weighted by molar-refractivity contribution is 9.10. The number of nitrogens with zero attached hydrogens (tertiary/aromatic N) is 1. The van der Waals surface area contributed by atoms with Crippen LogP contribution in [-0.4, -0.2) is 17.7 Å². The van der Waals surface area contributed by atoms with Gasteiger partial charge >= 0.3 is 6.09 Å². The van der Waals surface area contributed by atoms with Crippen LogP contribution in [0.2, 0.25) is 0 Å². The van der Waals surface area contributed by atoms with Gasteiger partial charge in [0.2, 0.25) is 0 Å². The van der Waals surface area contributed by atoms with Crippen molar-refractivity contribution in [1.29, 1.82) is 0 Å². The Morgan fingerprint density at radius 1 is 1.62 bits per heavy atom. The van der Waals surface area contributed by atoms with E-state index in [0.717, 1.165) is 10.3 Å². The van der Waals surface area contributed by atoms with Crippen molar-refractivity contribution in [3.63, 3.8) is 0 Å². The zero-order chi connectivity index (χ0) is 9.26. The van der Waals surface area contributed by atoms with E-state index < -0.39 is 0 Å². The number of rotatable bonds is 1. The van der Waals surface area contributed by atoms with Crippen LogP contribution in [0.5, 0.6) is 0 Å². The van der Waals surface area contributed by atoms with Crippen LogP contribution in [0.4, 0.5) is 4.79 Å². The Labute approximate surface area is 83.4 Å². The predicted octanol–water partition coefficient (Wildman–Crippen LogP) is 1.62. The summed E-state index contributed by atoms with van der Waals surface area (Å²) < 4.78 is 5.51. The summed E-state index contributed by atoms with van der Waals surface area (Å²) in [4.78, 5) is 15.0. The first-order valence-electron chi connectivity index (χ1n) is 3.81. The van der Waals surface area contributed by atoms with Gasteiger partial charge < -0.3 is 10.1 Å². The van der Waals surface area contributed by atoms with Crippen molar-refractivity contribution < 1.29 is 9.53 Å². The number of carbonyl (C=O) groups is 1. The molecular weight excluding hydrogens is 236 g/mol. The largest absolute Gasteiger partial charge is 0.447 e. The van der Waals surface area contributed by atoms with Crippen molar-refractivity contribution in [2.45, 2.75) is 6.04 Å². The van der Waals surface area contributed by atoms with E-state index >= 15 is 0 Å². The van der Waals surface area contributed by atoms with E-state index in [1.54, 1.807) is 0 Å². The maximum Gasteiger partial charge on any atom is 0.407 e. The molecule has 1 aliphatic heterocycles. The molecule has 0 spiro atoms. The highest BCUT2D eigenvalue weighted by atomic mass is 79.9. The first-order valence-corrected chi connectivity index (χ1v) is 4.61. The molecule has 1 amide bonds. The van der Waals surface area contributed by atoms with Gasteiger partial charge in [0.05, 0.1) is 5.69 Å². The topological polar surface area (TPSA) is 51.2 Å². The normalized spacial score (nSPS) is 21.0. The Hall–Kier alpha value is -1.10. The van der Waals surface area contributed by atoms with E-state index in [4.69, 9.17) is 4.74 Å². The van der Waals surface area contributed by atoms with Crippen molar-refractivity contribution in [3.05, 3.63) is 28.5 Å². The van der Waals surface area contributed by atoms with E-state index in [0.29, 0.717) is 6.61 Å². The molecule has 0 aromatic carbocycles. The zero-order valence-electron chi connectivity index (χ0n) is 6.66. The molecule has 0 saturated carbocycles. The summed E-state index contributed by atoms with van der Waals surface area (Å²) >= 11 is 3.26. The fourth-order valence-corrected chi connectivity index (χ4v) is 1.52. The molecular formula is C8H7BrN2O2. The number of carbonyl (C=O) groups excluding carboxylic acids is 1. The van der Waals surface area contributed by atoms with Gasteiger partial charge in [-0.05, 0) is 28.1 Å². The van der Waals surface area contributed by atoms with Crippen LogP contribution in [0.1, 0.15) is 11.7 Å². The molecule has 1 aromatic heterocycles. The first kappa shape index (κ1) is 8.50. The zero-order valence-corrected chi connectivity index (χ0v) is 8.24. The molecule has 2 heterocycles. The van der Waals surface area contributed by atoms with Gasteiger partial charge in [0.25, 0.3) is 0 Å². The monoisotopic (exact) mass is 242 g/mol. The molecule has 1 N–H and O–H groups in total. The molecule has 0 bridgehead atoms. The van der Waals surface area contributed by atoms with Crippen LogP contribution in [0.3, 0.4) is 0 Å². The SMILES string of the molecule is O=C1N[C@H](c2cccc(Br)n2)CO1. The number of nitrogens with one attached hydrogen (secondary N) is 1. The summed E-state index contributed by atoms with van der Waals surface area (Å²) in [6.07, 6.45) is -0.383. The number of ether oxygens (including phenoxy) is 1. The minimum Gasteiger partial charge on any atom is -0.447 e. The highest BCUT2D eigenvalue weighted by Gasteiger charge is 2.24. The molecule has 0 unspecified atom stereocenters. The van der Waals surface area contributed by atoms with Crippen molar-refractivity contribution in [2.24, 2.45) is 0 Å². The number of alkyl carbamates (subject to hydrolysis) is 1. The van der Waals surface area contributed by atoms with Gasteiger partial charge in [-0.25, -0.2) is 9.78 Å². The predicted molar refractivity (Wildman–Crippen MR) is 49.2 cm³/mol. The Balaban J connectivity index is 2.21. The number of aromatic nitrogens is 1. The van der Waals surface area contributed by atoms with E-state index in [1.165, 1.54) is 0 Å². The lowest BCUT2D eigenvalue weighted by atomic mass is 10.2. The smallest absolute Gasteiger partial charge is 0.407 e. The van der Waals surface area contributed by atoms with Crippen LogP contribution in [0.15, 0.2) is 22.8 Å². The molecule has 13 heavy (non-hydrogen) atoms. The summed E-state index contributed by atoms with van der Waals surface area (Å²) in [5.74, 6) is 0. The lowest BCUT2D eigenvalue weighted by molar-refractivity contribution is 0.177. The van der Waals surface area contributed by atoms with E-state index in [-0.39, 0.29) is 12.1 Å². The second-order valence-electron chi connectivity index (χ2n) is 2.68. The summed E-state index contributed by atoms with van der Waals surface area (Å²) in [6, 6.07) is 5.44. The average Bonchev–Trinajstić information content (AvgIpc) is 2.52.